The highest BCUT2D eigenvalue weighted by Gasteiger charge is 2.26. The van der Waals surface area contributed by atoms with Gasteiger partial charge in [-0.05, 0) is 38.0 Å². The van der Waals surface area contributed by atoms with Gasteiger partial charge in [-0.3, -0.25) is 4.79 Å². The smallest absolute Gasteiger partial charge is 0.287 e. The number of anilines is 1. The Morgan fingerprint density at radius 2 is 1.88 bits per heavy atom. The van der Waals surface area contributed by atoms with Crippen LogP contribution in [0.15, 0.2) is 48.5 Å². The van der Waals surface area contributed by atoms with E-state index < -0.39 is 0 Å². The molecule has 2 rings (SSSR count). The lowest BCUT2D eigenvalue weighted by Crippen LogP contribution is -2.92. The zero-order chi connectivity index (χ0) is 17.5. The third-order valence-corrected chi connectivity index (χ3v) is 4.04. The quantitative estimate of drug-likeness (QED) is 0.821. The van der Waals surface area contributed by atoms with Gasteiger partial charge < -0.3 is 15.4 Å². The van der Waals surface area contributed by atoms with Crippen molar-refractivity contribution >= 4 is 11.6 Å². The number of benzene rings is 2. The zero-order valence-corrected chi connectivity index (χ0v) is 14.9. The molecule has 0 spiro atoms. The van der Waals surface area contributed by atoms with E-state index in [9.17, 15) is 4.79 Å². The summed E-state index contributed by atoms with van der Waals surface area (Å²) in [4.78, 5) is 12.9. The Bertz CT molecular complexity index is 671. The summed E-state index contributed by atoms with van der Waals surface area (Å²) in [5.74, 6) is -0.0159. The molecule has 2 aromatic rings. The molecule has 2 atom stereocenters. The van der Waals surface area contributed by atoms with E-state index in [4.69, 9.17) is 4.74 Å². The first kappa shape index (κ1) is 18.2. The zero-order valence-electron chi connectivity index (χ0n) is 14.9. The van der Waals surface area contributed by atoms with E-state index in [0.29, 0.717) is 6.61 Å². The molecule has 128 valence electrons. The molecule has 0 fully saturated rings. The lowest BCUT2D eigenvalue weighted by atomic mass is 10.0. The molecule has 0 saturated carbocycles. The summed E-state index contributed by atoms with van der Waals surface area (Å²) in [7, 11) is 1.68. The largest absolute Gasteiger partial charge is 0.379 e. The number of aryl methyl sites for hydroxylation is 2. The monoisotopic (exact) mass is 327 g/mol. The van der Waals surface area contributed by atoms with Crippen LogP contribution in [0.25, 0.3) is 0 Å². The van der Waals surface area contributed by atoms with Gasteiger partial charge in [-0.1, -0.05) is 42.5 Å². The molecular weight excluding hydrogens is 300 g/mol. The number of hydrogen-bond donors (Lipinski definition) is 2. The van der Waals surface area contributed by atoms with E-state index in [2.05, 4.69) is 17.6 Å². The second-order valence-corrected chi connectivity index (χ2v) is 6.32. The van der Waals surface area contributed by atoms with Gasteiger partial charge in [0.1, 0.15) is 6.04 Å². The van der Waals surface area contributed by atoms with E-state index >= 15 is 0 Å². The molecule has 0 heterocycles. The second-order valence-electron chi connectivity index (χ2n) is 6.32. The molecule has 2 aromatic carbocycles. The maximum Gasteiger partial charge on any atom is 0.287 e. The molecule has 0 radical (unpaired) electrons. The standard InChI is InChI=1S/C20H26N2O2/c1-14-10-11-15(2)18(12-14)22-20(23)19(21-16(3)13-24-4)17-8-6-5-7-9-17/h5-12,16,19,21H,13H2,1-4H3,(H,22,23)/p+1/t16-,19-/m0/s1. The van der Waals surface area contributed by atoms with Gasteiger partial charge in [0.05, 0.1) is 6.61 Å². The number of rotatable bonds is 7. The van der Waals surface area contributed by atoms with E-state index in [1.807, 2.05) is 62.4 Å². The summed E-state index contributed by atoms with van der Waals surface area (Å²) in [6.45, 7) is 6.69. The molecule has 0 bridgehead atoms. The van der Waals surface area contributed by atoms with E-state index in [1.165, 1.54) is 0 Å². The summed E-state index contributed by atoms with van der Waals surface area (Å²) in [6.07, 6.45) is 0. The molecule has 3 N–H and O–H groups in total. The predicted octanol–water partition coefficient (Wildman–Crippen LogP) is 2.58. The molecule has 1 amide bonds. The van der Waals surface area contributed by atoms with Crippen LogP contribution in [-0.2, 0) is 9.53 Å². The molecule has 0 saturated heterocycles. The van der Waals surface area contributed by atoms with Crippen LogP contribution in [0.1, 0.15) is 29.7 Å². The Morgan fingerprint density at radius 1 is 1.17 bits per heavy atom. The first-order valence-electron chi connectivity index (χ1n) is 8.28. The minimum Gasteiger partial charge on any atom is -0.379 e. The van der Waals surface area contributed by atoms with Gasteiger partial charge in [-0.25, -0.2) is 0 Å². The molecule has 0 aliphatic rings. The third kappa shape index (κ3) is 4.91. The van der Waals surface area contributed by atoms with E-state index in [-0.39, 0.29) is 18.0 Å². The third-order valence-electron chi connectivity index (χ3n) is 4.04. The van der Waals surface area contributed by atoms with Crippen LogP contribution >= 0.6 is 0 Å². The van der Waals surface area contributed by atoms with Crippen molar-refractivity contribution in [2.75, 3.05) is 19.0 Å². The molecule has 0 aromatic heterocycles. The van der Waals surface area contributed by atoms with Crippen LogP contribution in [0.3, 0.4) is 0 Å². The lowest BCUT2D eigenvalue weighted by molar-refractivity contribution is -0.713. The normalized spacial score (nSPS) is 13.3. The van der Waals surface area contributed by atoms with Crippen molar-refractivity contribution in [3.05, 3.63) is 65.2 Å². The fourth-order valence-electron chi connectivity index (χ4n) is 2.74. The Labute approximate surface area is 144 Å². The minimum absolute atomic E-state index is 0.0159. The van der Waals surface area contributed by atoms with Gasteiger partial charge >= 0.3 is 0 Å². The fourth-order valence-corrected chi connectivity index (χ4v) is 2.74. The van der Waals surface area contributed by atoms with Crippen molar-refractivity contribution < 1.29 is 14.8 Å². The molecule has 0 aliphatic carbocycles. The molecule has 4 heteroatoms. The SMILES string of the molecule is COC[C@H](C)[NH2+][C@H](C(=O)Nc1cc(C)ccc1C)c1ccccc1. The second kappa shape index (κ2) is 8.62. The van der Waals surface area contributed by atoms with E-state index in [0.717, 1.165) is 22.4 Å². The summed E-state index contributed by atoms with van der Waals surface area (Å²) in [6, 6.07) is 15.8. The van der Waals surface area contributed by atoms with Crippen LogP contribution in [-0.4, -0.2) is 25.7 Å². The molecule has 0 unspecified atom stereocenters. The first-order valence-corrected chi connectivity index (χ1v) is 8.28. The van der Waals surface area contributed by atoms with Crippen LogP contribution in [0.5, 0.6) is 0 Å². The van der Waals surface area contributed by atoms with Gasteiger partial charge in [0.25, 0.3) is 5.91 Å². The van der Waals surface area contributed by atoms with Gasteiger partial charge in [0.2, 0.25) is 0 Å². The first-order chi connectivity index (χ1) is 11.5. The molecule has 24 heavy (non-hydrogen) atoms. The highest BCUT2D eigenvalue weighted by atomic mass is 16.5. The van der Waals surface area contributed by atoms with Gasteiger partial charge in [0.15, 0.2) is 6.04 Å². The molecular formula is C20H27N2O2+. The summed E-state index contributed by atoms with van der Waals surface area (Å²) in [5, 5.41) is 5.14. The highest BCUT2D eigenvalue weighted by molar-refractivity contribution is 5.95. The number of ether oxygens (including phenoxy) is 1. The van der Waals surface area contributed by atoms with Gasteiger partial charge in [-0.2, -0.15) is 0 Å². The highest BCUT2D eigenvalue weighted by Crippen LogP contribution is 2.18. The summed E-state index contributed by atoms with van der Waals surface area (Å²) in [5.41, 5.74) is 4.05. The lowest BCUT2D eigenvalue weighted by Gasteiger charge is -2.20. The number of carbonyl (C=O) groups excluding carboxylic acids is 1. The number of nitrogens with one attached hydrogen (secondary N) is 1. The van der Waals surface area contributed by atoms with E-state index in [1.54, 1.807) is 7.11 Å². The van der Waals surface area contributed by atoms with Crippen LogP contribution in [0, 0.1) is 13.8 Å². The number of methoxy groups -OCH3 is 1. The van der Waals surface area contributed by atoms with Crippen molar-refractivity contribution in [3.63, 3.8) is 0 Å². The Balaban J connectivity index is 2.22. The summed E-state index contributed by atoms with van der Waals surface area (Å²) >= 11 is 0. The van der Waals surface area contributed by atoms with Gasteiger partial charge in [-0.15, -0.1) is 0 Å². The van der Waals surface area contributed by atoms with Crippen LogP contribution in [0.2, 0.25) is 0 Å². The maximum absolute atomic E-state index is 12.9. The van der Waals surface area contributed by atoms with Crippen molar-refractivity contribution in [1.82, 2.24) is 0 Å². The average molecular weight is 327 g/mol. The molecule has 0 aliphatic heterocycles. The summed E-state index contributed by atoms with van der Waals surface area (Å²) < 4.78 is 5.21. The maximum atomic E-state index is 12.9. The van der Waals surface area contributed by atoms with Crippen molar-refractivity contribution in [2.24, 2.45) is 0 Å². The van der Waals surface area contributed by atoms with Crippen LogP contribution in [0.4, 0.5) is 5.69 Å². The predicted molar refractivity (Wildman–Crippen MR) is 97.0 cm³/mol. The van der Waals surface area contributed by atoms with Gasteiger partial charge in [0, 0.05) is 18.4 Å². The van der Waals surface area contributed by atoms with Crippen LogP contribution < -0.4 is 10.6 Å². The number of nitrogens with two attached hydrogens (primary N) is 1. The Kier molecular flexibility index (Phi) is 6.53. The van der Waals surface area contributed by atoms with Crippen molar-refractivity contribution in [2.45, 2.75) is 32.9 Å². The average Bonchev–Trinajstić information content (AvgIpc) is 2.57. The Morgan fingerprint density at radius 3 is 2.54 bits per heavy atom. The number of hydrogen-bond acceptors (Lipinski definition) is 2. The Hall–Kier alpha value is -2.17. The minimum atomic E-state index is -0.309. The van der Waals surface area contributed by atoms with Crippen molar-refractivity contribution in [3.8, 4) is 0 Å². The number of quaternary nitrogens is 1. The molecule has 4 nitrogen and oxygen atoms in total. The number of amides is 1. The topological polar surface area (TPSA) is 54.9 Å². The fraction of sp³-hybridized carbons (Fsp3) is 0.350. The van der Waals surface area contributed by atoms with Crippen molar-refractivity contribution in [1.29, 1.82) is 0 Å². The number of carbonyl (C=O) groups is 1.